The van der Waals surface area contributed by atoms with Crippen LogP contribution in [0.15, 0.2) is 24.3 Å². The molecule has 1 aromatic carbocycles. The monoisotopic (exact) mass is 190 g/mol. The number of hydrogen-bond donors (Lipinski definition) is 1. The summed E-state index contributed by atoms with van der Waals surface area (Å²) >= 11 is 0. The SMILES string of the molecule is CCN1CC[C@@H](CN)c2ccccc21. The summed E-state index contributed by atoms with van der Waals surface area (Å²) in [5.41, 5.74) is 8.61. The third-order valence-electron chi connectivity index (χ3n) is 3.13. The van der Waals surface area contributed by atoms with Crippen molar-refractivity contribution in [1.82, 2.24) is 0 Å². The molecule has 2 rings (SSSR count). The molecule has 1 aliphatic rings. The van der Waals surface area contributed by atoms with E-state index in [-0.39, 0.29) is 0 Å². The number of hydrogen-bond acceptors (Lipinski definition) is 2. The molecule has 2 nitrogen and oxygen atoms in total. The van der Waals surface area contributed by atoms with Crippen LogP contribution in [0, 0.1) is 0 Å². The summed E-state index contributed by atoms with van der Waals surface area (Å²) in [7, 11) is 0. The highest BCUT2D eigenvalue weighted by molar-refractivity contribution is 5.57. The van der Waals surface area contributed by atoms with Crippen molar-refractivity contribution in [2.24, 2.45) is 5.73 Å². The van der Waals surface area contributed by atoms with E-state index in [1.54, 1.807) is 0 Å². The standard InChI is InChI=1S/C12H18N2/c1-2-14-8-7-10(9-13)11-5-3-4-6-12(11)14/h3-6,10H,2,7-9,13H2,1H3/t10-/m0/s1. The van der Waals surface area contributed by atoms with E-state index in [9.17, 15) is 0 Å². The van der Waals surface area contributed by atoms with Crippen LogP contribution < -0.4 is 10.6 Å². The van der Waals surface area contributed by atoms with Gasteiger partial charge < -0.3 is 10.6 Å². The van der Waals surface area contributed by atoms with Gasteiger partial charge in [0.2, 0.25) is 0 Å². The first-order valence-electron chi connectivity index (χ1n) is 5.40. The molecular weight excluding hydrogens is 172 g/mol. The molecule has 0 saturated carbocycles. The third kappa shape index (κ3) is 1.50. The highest BCUT2D eigenvalue weighted by Crippen LogP contribution is 2.33. The molecule has 0 aliphatic carbocycles. The largest absolute Gasteiger partial charge is 0.372 e. The van der Waals surface area contributed by atoms with Crippen molar-refractivity contribution in [3.05, 3.63) is 29.8 Å². The van der Waals surface area contributed by atoms with E-state index in [2.05, 4.69) is 36.1 Å². The normalized spacial score (nSPS) is 20.7. The second kappa shape index (κ2) is 4.01. The Kier molecular flexibility index (Phi) is 2.73. The van der Waals surface area contributed by atoms with Crippen molar-refractivity contribution in [3.63, 3.8) is 0 Å². The van der Waals surface area contributed by atoms with Crippen LogP contribution in [0.5, 0.6) is 0 Å². The summed E-state index contributed by atoms with van der Waals surface area (Å²) in [6.45, 7) is 5.22. The maximum absolute atomic E-state index is 5.79. The molecule has 1 aliphatic heterocycles. The van der Waals surface area contributed by atoms with Crippen molar-refractivity contribution in [1.29, 1.82) is 0 Å². The van der Waals surface area contributed by atoms with Crippen molar-refractivity contribution < 1.29 is 0 Å². The van der Waals surface area contributed by atoms with E-state index in [1.807, 2.05) is 0 Å². The van der Waals surface area contributed by atoms with E-state index in [0.717, 1.165) is 19.6 Å². The minimum Gasteiger partial charge on any atom is -0.372 e. The van der Waals surface area contributed by atoms with Crippen LogP contribution in [0.1, 0.15) is 24.8 Å². The molecule has 0 spiro atoms. The van der Waals surface area contributed by atoms with Gasteiger partial charge in [0.15, 0.2) is 0 Å². The fourth-order valence-electron chi connectivity index (χ4n) is 2.28. The molecule has 0 amide bonds. The van der Waals surface area contributed by atoms with Crippen molar-refractivity contribution >= 4 is 5.69 Å². The van der Waals surface area contributed by atoms with Crippen molar-refractivity contribution in [2.75, 3.05) is 24.5 Å². The molecule has 2 heteroatoms. The predicted octanol–water partition coefficient (Wildman–Crippen LogP) is 1.96. The molecule has 0 unspecified atom stereocenters. The smallest absolute Gasteiger partial charge is 0.0402 e. The van der Waals surface area contributed by atoms with E-state index in [0.29, 0.717) is 5.92 Å². The van der Waals surface area contributed by atoms with E-state index in [4.69, 9.17) is 5.73 Å². The van der Waals surface area contributed by atoms with Gasteiger partial charge in [-0.15, -0.1) is 0 Å². The molecule has 1 aromatic rings. The number of fused-ring (bicyclic) bond motifs is 1. The summed E-state index contributed by atoms with van der Waals surface area (Å²) in [5, 5.41) is 0. The minimum atomic E-state index is 0.564. The van der Waals surface area contributed by atoms with Crippen LogP contribution in [0.4, 0.5) is 5.69 Å². The number of nitrogens with zero attached hydrogens (tertiary/aromatic N) is 1. The minimum absolute atomic E-state index is 0.564. The molecule has 0 fully saturated rings. The molecule has 2 N–H and O–H groups in total. The number of benzene rings is 1. The van der Waals surface area contributed by atoms with Crippen LogP contribution in [0.2, 0.25) is 0 Å². The summed E-state index contributed by atoms with van der Waals surface area (Å²) < 4.78 is 0. The van der Waals surface area contributed by atoms with Gasteiger partial charge in [-0.1, -0.05) is 18.2 Å². The first-order valence-corrected chi connectivity index (χ1v) is 5.40. The Bertz CT molecular complexity index is 278. The number of anilines is 1. The summed E-state index contributed by atoms with van der Waals surface area (Å²) in [6.07, 6.45) is 1.20. The average molecular weight is 190 g/mol. The topological polar surface area (TPSA) is 29.3 Å². The van der Waals surface area contributed by atoms with Gasteiger partial charge in [-0.3, -0.25) is 0 Å². The number of nitrogens with two attached hydrogens (primary N) is 1. The fraction of sp³-hybridized carbons (Fsp3) is 0.500. The van der Waals surface area contributed by atoms with Crippen LogP contribution in [0.3, 0.4) is 0 Å². The maximum atomic E-state index is 5.79. The molecule has 0 radical (unpaired) electrons. The molecule has 1 heterocycles. The highest BCUT2D eigenvalue weighted by atomic mass is 15.1. The van der Waals surface area contributed by atoms with Gasteiger partial charge >= 0.3 is 0 Å². The second-order valence-corrected chi connectivity index (χ2v) is 3.86. The molecular formula is C12H18N2. The van der Waals surface area contributed by atoms with Gasteiger partial charge in [0.05, 0.1) is 0 Å². The Morgan fingerprint density at radius 2 is 2.21 bits per heavy atom. The molecule has 0 saturated heterocycles. The lowest BCUT2D eigenvalue weighted by Crippen LogP contribution is -2.32. The quantitative estimate of drug-likeness (QED) is 0.772. The number of rotatable bonds is 2. The Morgan fingerprint density at radius 1 is 1.43 bits per heavy atom. The molecule has 76 valence electrons. The zero-order chi connectivity index (χ0) is 9.97. The molecule has 0 aromatic heterocycles. The lowest BCUT2D eigenvalue weighted by Gasteiger charge is -2.34. The Balaban J connectivity index is 2.38. The Morgan fingerprint density at radius 3 is 2.93 bits per heavy atom. The van der Waals surface area contributed by atoms with Gasteiger partial charge in [0.25, 0.3) is 0 Å². The maximum Gasteiger partial charge on any atom is 0.0402 e. The third-order valence-corrected chi connectivity index (χ3v) is 3.13. The number of para-hydroxylation sites is 1. The molecule has 1 atom stereocenters. The summed E-state index contributed by atoms with van der Waals surface area (Å²) in [6, 6.07) is 8.65. The summed E-state index contributed by atoms with van der Waals surface area (Å²) in [4.78, 5) is 2.43. The second-order valence-electron chi connectivity index (χ2n) is 3.86. The predicted molar refractivity (Wildman–Crippen MR) is 60.7 cm³/mol. The van der Waals surface area contributed by atoms with Crippen molar-refractivity contribution in [3.8, 4) is 0 Å². The van der Waals surface area contributed by atoms with Crippen LogP contribution in [-0.4, -0.2) is 19.6 Å². The van der Waals surface area contributed by atoms with Gasteiger partial charge in [0, 0.05) is 18.8 Å². The lowest BCUT2D eigenvalue weighted by molar-refractivity contribution is 0.587. The van der Waals surface area contributed by atoms with Gasteiger partial charge in [-0.05, 0) is 37.4 Å². The van der Waals surface area contributed by atoms with Crippen molar-refractivity contribution in [2.45, 2.75) is 19.3 Å². The van der Waals surface area contributed by atoms with Gasteiger partial charge in [-0.25, -0.2) is 0 Å². The van der Waals surface area contributed by atoms with Gasteiger partial charge in [0.1, 0.15) is 0 Å². The van der Waals surface area contributed by atoms with Crippen LogP contribution in [0.25, 0.3) is 0 Å². The molecule has 14 heavy (non-hydrogen) atoms. The summed E-state index contributed by atoms with van der Waals surface area (Å²) in [5.74, 6) is 0.564. The highest BCUT2D eigenvalue weighted by Gasteiger charge is 2.22. The zero-order valence-corrected chi connectivity index (χ0v) is 8.74. The average Bonchev–Trinajstić information content (AvgIpc) is 2.27. The Labute approximate surface area is 85.7 Å². The Hall–Kier alpha value is -1.02. The van der Waals surface area contributed by atoms with Crippen LogP contribution in [-0.2, 0) is 0 Å². The van der Waals surface area contributed by atoms with E-state index in [1.165, 1.54) is 17.7 Å². The fourth-order valence-corrected chi connectivity index (χ4v) is 2.28. The zero-order valence-electron chi connectivity index (χ0n) is 8.74. The van der Waals surface area contributed by atoms with E-state index < -0.39 is 0 Å². The molecule has 0 bridgehead atoms. The van der Waals surface area contributed by atoms with Gasteiger partial charge in [-0.2, -0.15) is 0 Å². The lowest BCUT2D eigenvalue weighted by atomic mass is 9.90. The first kappa shape index (κ1) is 9.53. The first-order chi connectivity index (χ1) is 6.86. The van der Waals surface area contributed by atoms with Crippen LogP contribution >= 0.6 is 0 Å². The van der Waals surface area contributed by atoms with E-state index >= 15 is 0 Å².